The fraction of sp³-hybridized carbons (Fsp3) is 0.867. The summed E-state index contributed by atoms with van der Waals surface area (Å²) >= 11 is 0. The Kier molecular flexibility index (Phi) is 5.99. The van der Waals surface area contributed by atoms with Crippen molar-refractivity contribution in [1.82, 2.24) is 9.80 Å². The molecule has 0 radical (unpaired) electrons. The van der Waals surface area contributed by atoms with Gasteiger partial charge in [0, 0.05) is 39.2 Å². The first kappa shape index (κ1) is 16.2. The lowest BCUT2D eigenvalue weighted by molar-refractivity contribution is -0.143. The van der Waals surface area contributed by atoms with Crippen LogP contribution >= 0.6 is 0 Å². The summed E-state index contributed by atoms with van der Waals surface area (Å²) < 4.78 is 4.92. The number of carbonyl (C=O) groups is 2. The zero-order chi connectivity index (χ0) is 15.2. The Morgan fingerprint density at radius 3 is 2.24 bits per heavy atom. The molecule has 1 heterocycles. The number of hydrogen-bond acceptors (Lipinski definition) is 4. The number of nitrogens with two attached hydrogens (primary N) is 1. The number of amides is 2. The molecule has 0 aromatic heterocycles. The molecule has 2 fully saturated rings. The van der Waals surface area contributed by atoms with Gasteiger partial charge in [-0.15, -0.1) is 0 Å². The van der Waals surface area contributed by atoms with Crippen LogP contribution in [0.1, 0.15) is 32.1 Å². The van der Waals surface area contributed by atoms with Crippen molar-refractivity contribution in [1.29, 1.82) is 0 Å². The van der Waals surface area contributed by atoms with Crippen LogP contribution in [0.4, 0.5) is 0 Å². The summed E-state index contributed by atoms with van der Waals surface area (Å²) in [6.07, 6.45) is 5.64. The molecular formula is C15H27N3O3. The monoisotopic (exact) mass is 297 g/mol. The van der Waals surface area contributed by atoms with Crippen LogP contribution in [0.3, 0.4) is 0 Å². The van der Waals surface area contributed by atoms with Gasteiger partial charge in [0.25, 0.3) is 0 Å². The van der Waals surface area contributed by atoms with E-state index >= 15 is 0 Å². The van der Waals surface area contributed by atoms with Crippen LogP contribution in [0.15, 0.2) is 0 Å². The molecule has 0 aromatic carbocycles. The Balaban J connectivity index is 1.79. The fourth-order valence-corrected chi connectivity index (χ4v) is 3.24. The molecule has 1 saturated heterocycles. The quantitative estimate of drug-likeness (QED) is 0.805. The van der Waals surface area contributed by atoms with Gasteiger partial charge >= 0.3 is 0 Å². The van der Waals surface area contributed by atoms with Crippen LogP contribution in [0.25, 0.3) is 0 Å². The van der Waals surface area contributed by atoms with Gasteiger partial charge < -0.3 is 20.3 Å². The van der Waals surface area contributed by atoms with Gasteiger partial charge in [-0.2, -0.15) is 0 Å². The third-order valence-corrected chi connectivity index (χ3v) is 4.52. The molecular weight excluding hydrogens is 270 g/mol. The highest BCUT2D eigenvalue weighted by atomic mass is 16.5. The summed E-state index contributed by atoms with van der Waals surface area (Å²) in [4.78, 5) is 28.2. The van der Waals surface area contributed by atoms with E-state index in [9.17, 15) is 9.59 Å². The first-order valence-electron chi connectivity index (χ1n) is 7.95. The zero-order valence-electron chi connectivity index (χ0n) is 12.9. The number of piperazine rings is 1. The van der Waals surface area contributed by atoms with Gasteiger partial charge in [-0.05, 0) is 12.8 Å². The highest BCUT2D eigenvalue weighted by molar-refractivity contribution is 5.83. The van der Waals surface area contributed by atoms with Crippen molar-refractivity contribution < 1.29 is 14.3 Å². The average Bonchev–Trinajstić information content (AvgIpc) is 2.54. The molecule has 21 heavy (non-hydrogen) atoms. The first-order valence-corrected chi connectivity index (χ1v) is 7.95. The Morgan fingerprint density at radius 1 is 1.10 bits per heavy atom. The van der Waals surface area contributed by atoms with Gasteiger partial charge in [0.15, 0.2) is 0 Å². The highest BCUT2D eigenvalue weighted by Gasteiger charge is 2.30. The second-order valence-electron chi connectivity index (χ2n) is 6.05. The summed E-state index contributed by atoms with van der Waals surface area (Å²) in [5, 5.41) is 0. The van der Waals surface area contributed by atoms with Crippen molar-refractivity contribution in [3.05, 3.63) is 0 Å². The largest absolute Gasteiger partial charge is 0.383 e. The summed E-state index contributed by atoms with van der Waals surface area (Å²) in [5.74, 6) is 0.404. The van der Waals surface area contributed by atoms with Crippen LogP contribution in [-0.2, 0) is 14.3 Å². The Morgan fingerprint density at radius 2 is 1.67 bits per heavy atom. The molecule has 2 rings (SSSR count). The van der Waals surface area contributed by atoms with Crippen molar-refractivity contribution in [2.24, 2.45) is 11.7 Å². The number of nitrogens with zero attached hydrogens (tertiary/aromatic N) is 2. The second kappa shape index (κ2) is 7.75. The molecule has 2 aliphatic rings. The minimum absolute atomic E-state index is 0.0818. The predicted molar refractivity (Wildman–Crippen MR) is 79.6 cm³/mol. The van der Waals surface area contributed by atoms with E-state index in [2.05, 4.69) is 0 Å². The van der Waals surface area contributed by atoms with Crippen molar-refractivity contribution in [2.45, 2.75) is 38.1 Å². The van der Waals surface area contributed by atoms with E-state index in [1.807, 2.05) is 4.90 Å². The first-order chi connectivity index (χ1) is 10.1. The SMILES string of the molecule is COCC(N)C(=O)N1CCN(C(=O)C2CCCCC2)CC1. The van der Waals surface area contributed by atoms with Crippen LogP contribution in [0.5, 0.6) is 0 Å². The molecule has 2 N–H and O–H groups in total. The molecule has 1 unspecified atom stereocenters. The van der Waals surface area contributed by atoms with Gasteiger partial charge in [-0.1, -0.05) is 19.3 Å². The van der Waals surface area contributed by atoms with E-state index in [-0.39, 0.29) is 24.3 Å². The van der Waals surface area contributed by atoms with Gasteiger partial charge in [-0.25, -0.2) is 0 Å². The summed E-state index contributed by atoms with van der Waals surface area (Å²) in [7, 11) is 1.54. The van der Waals surface area contributed by atoms with Crippen LogP contribution in [0.2, 0.25) is 0 Å². The molecule has 2 amide bonds. The van der Waals surface area contributed by atoms with Gasteiger partial charge in [0.1, 0.15) is 6.04 Å². The van der Waals surface area contributed by atoms with Crippen LogP contribution < -0.4 is 5.73 Å². The number of methoxy groups -OCH3 is 1. The van der Waals surface area contributed by atoms with E-state index in [4.69, 9.17) is 10.5 Å². The fourth-order valence-electron chi connectivity index (χ4n) is 3.24. The highest BCUT2D eigenvalue weighted by Crippen LogP contribution is 2.25. The Hall–Kier alpha value is -1.14. The maximum atomic E-state index is 12.4. The lowest BCUT2D eigenvalue weighted by Gasteiger charge is -2.37. The third-order valence-electron chi connectivity index (χ3n) is 4.52. The standard InChI is InChI=1S/C15H27N3O3/c1-21-11-13(16)15(20)18-9-7-17(8-10-18)14(19)12-5-3-2-4-6-12/h12-13H,2-11,16H2,1H3. The van der Waals surface area contributed by atoms with E-state index in [1.54, 1.807) is 4.90 Å². The lowest BCUT2D eigenvalue weighted by atomic mass is 9.88. The van der Waals surface area contributed by atoms with Crippen molar-refractivity contribution in [3.63, 3.8) is 0 Å². The van der Waals surface area contributed by atoms with Crippen LogP contribution in [-0.4, -0.2) is 67.6 Å². The van der Waals surface area contributed by atoms with E-state index in [0.717, 1.165) is 12.8 Å². The molecule has 6 nitrogen and oxygen atoms in total. The van der Waals surface area contributed by atoms with Crippen molar-refractivity contribution >= 4 is 11.8 Å². The molecule has 0 spiro atoms. The minimum atomic E-state index is -0.601. The molecule has 1 aliphatic carbocycles. The minimum Gasteiger partial charge on any atom is -0.383 e. The third kappa shape index (κ3) is 4.17. The topological polar surface area (TPSA) is 75.9 Å². The maximum absolute atomic E-state index is 12.4. The zero-order valence-corrected chi connectivity index (χ0v) is 12.9. The van der Waals surface area contributed by atoms with E-state index in [1.165, 1.54) is 26.4 Å². The number of ether oxygens (including phenoxy) is 1. The van der Waals surface area contributed by atoms with Gasteiger partial charge in [-0.3, -0.25) is 9.59 Å². The van der Waals surface area contributed by atoms with Crippen molar-refractivity contribution in [3.8, 4) is 0 Å². The Labute approximate surface area is 126 Å². The summed E-state index contributed by atoms with van der Waals surface area (Å²) in [6, 6.07) is -0.601. The molecule has 6 heteroatoms. The molecule has 0 bridgehead atoms. The Bertz CT molecular complexity index is 361. The number of hydrogen-bond donors (Lipinski definition) is 1. The molecule has 120 valence electrons. The van der Waals surface area contributed by atoms with Gasteiger partial charge in [0.05, 0.1) is 6.61 Å². The maximum Gasteiger partial charge on any atom is 0.241 e. The van der Waals surface area contributed by atoms with Crippen molar-refractivity contribution in [2.75, 3.05) is 39.9 Å². The molecule has 0 aromatic rings. The average molecular weight is 297 g/mol. The summed E-state index contributed by atoms with van der Waals surface area (Å²) in [6.45, 7) is 2.64. The molecule has 1 aliphatic heterocycles. The predicted octanol–water partition coefficient (Wildman–Crippen LogP) is 0.211. The van der Waals surface area contributed by atoms with E-state index in [0.29, 0.717) is 26.2 Å². The second-order valence-corrected chi connectivity index (χ2v) is 6.05. The van der Waals surface area contributed by atoms with Gasteiger partial charge in [0.2, 0.25) is 11.8 Å². The summed E-state index contributed by atoms with van der Waals surface area (Å²) in [5.41, 5.74) is 5.77. The lowest BCUT2D eigenvalue weighted by Crippen LogP contribution is -2.56. The number of rotatable bonds is 4. The van der Waals surface area contributed by atoms with E-state index < -0.39 is 6.04 Å². The molecule has 1 atom stereocenters. The number of carbonyl (C=O) groups excluding carboxylic acids is 2. The van der Waals surface area contributed by atoms with Crippen LogP contribution in [0, 0.1) is 5.92 Å². The molecule has 1 saturated carbocycles. The smallest absolute Gasteiger partial charge is 0.241 e. The normalized spacial score (nSPS) is 22.2.